The number of hydrogen-bond donors (Lipinski definition) is 1. The molecule has 0 saturated carbocycles. The second-order valence-corrected chi connectivity index (χ2v) is 6.56. The highest BCUT2D eigenvalue weighted by atomic mass is 32.1. The number of rotatable bonds is 3. The molecule has 2 saturated heterocycles. The quantitative estimate of drug-likeness (QED) is 0.913. The highest BCUT2D eigenvalue weighted by Gasteiger charge is 2.31. The molecule has 1 aromatic heterocycles. The Labute approximate surface area is 113 Å². The van der Waals surface area contributed by atoms with E-state index in [4.69, 9.17) is 0 Å². The van der Waals surface area contributed by atoms with Crippen LogP contribution >= 0.6 is 11.5 Å². The maximum Gasteiger partial charge on any atom is 0.202 e. The van der Waals surface area contributed by atoms with Crippen molar-refractivity contribution >= 4 is 16.7 Å². The summed E-state index contributed by atoms with van der Waals surface area (Å²) >= 11 is 1.51. The third-order valence-corrected chi connectivity index (χ3v) is 4.77. The van der Waals surface area contributed by atoms with Crippen molar-refractivity contribution in [3.63, 3.8) is 0 Å². The molecule has 0 bridgehead atoms. The maximum absolute atomic E-state index is 4.57. The van der Waals surface area contributed by atoms with Gasteiger partial charge in [-0.25, -0.2) is 4.98 Å². The van der Waals surface area contributed by atoms with E-state index < -0.39 is 0 Å². The molecule has 3 rings (SSSR count). The Kier molecular flexibility index (Phi) is 3.52. The summed E-state index contributed by atoms with van der Waals surface area (Å²) in [5, 5.41) is 4.60. The Morgan fingerprint density at radius 1 is 1.33 bits per heavy atom. The van der Waals surface area contributed by atoms with E-state index in [-0.39, 0.29) is 0 Å². The van der Waals surface area contributed by atoms with Crippen molar-refractivity contribution in [3.05, 3.63) is 5.82 Å². The molecule has 4 nitrogen and oxygen atoms in total. The molecule has 3 heterocycles. The highest BCUT2D eigenvalue weighted by molar-refractivity contribution is 7.09. The summed E-state index contributed by atoms with van der Waals surface area (Å²) in [5.74, 6) is 1.40. The molecule has 0 radical (unpaired) electrons. The minimum absolute atomic E-state index is 0.425. The summed E-state index contributed by atoms with van der Waals surface area (Å²) in [6.07, 6.45) is 5.28. The normalized spacial score (nSPS) is 28.6. The molecule has 2 fully saturated rings. The first-order valence-corrected chi connectivity index (χ1v) is 7.84. The van der Waals surface area contributed by atoms with Crippen molar-refractivity contribution in [2.45, 2.75) is 57.5 Å². The Hall–Kier alpha value is -0.680. The molecule has 1 N–H and O–H groups in total. The number of piperidine rings is 1. The average molecular weight is 266 g/mol. The number of fused-ring (bicyclic) bond motifs is 1. The SMILES string of the molecule is CC(C)c1nsc(N[C@H]2CCN3CCC[C@H]3C2)n1. The summed E-state index contributed by atoms with van der Waals surface area (Å²) in [4.78, 5) is 7.22. The Bertz CT molecular complexity index is 403. The zero-order chi connectivity index (χ0) is 12.5. The lowest BCUT2D eigenvalue weighted by molar-refractivity contribution is 0.188. The molecule has 2 atom stereocenters. The van der Waals surface area contributed by atoms with E-state index in [1.54, 1.807) is 0 Å². The molecule has 0 spiro atoms. The van der Waals surface area contributed by atoms with Crippen LogP contribution in [0.4, 0.5) is 5.13 Å². The second kappa shape index (κ2) is 5.13. The van der Waals surface area contributed by atoms with Crippen molar-refractivity contribution in [1.82, 2.24) is 14.3 Å². The van der Waals surface area contributed by atoms with E-state index in [2.05, 4.69) is 33.4 Å². The fourth-order valence-corrected chi connectivity index (χ4v) is 3.84. The minimum Gasteiger partial charge on any atom is -0.357 e. The smallest absolute Gasteiger partial charge is 0.202 e. The number of hydrogen-bond acceptors (Lipinski definition) is 5. The van der Waals surface area contributed by atoms with Crippen LogP contribution in [-0.4, -0.2) is 39.4 Å². The van der Waals surface area contributed by atoms with Crippen LogP contribution < -0.4 is 5.32 Å². The molecule has 0 aromatic carbocycles. The second-order valence-electron chi connectivity index (χ2n) is 5.81. The third-order valence-electron chi connectivity index (χ3n) is 4.11. The summed E-state index contributed by atoms with van der Waals surface area (Å²) in [6.45, 7) is 6.84. The van der Waals surface area contributed by atoms with Gasteiger partial charge in [0.15, 0.2) is 0 Å². The fourth-order valence-electron chi connectivity index (χ4n) is 3.06. The molecule has 0 unspecified atom stereocenters. The van der Waals surface area contributed by atoms with Crippen LogP contribution in [0.2, 0.25) is 0 Å². The first-order valence-electron chi connectivity index (χ1n) is 7.06. The number of nitrogens with one attached hydrogen (secondary N) is 1. The fraction of sp³-hybridized carbons (Fsp3) is 0.846. The molecule has 2 aliphatic heterocycles. The number of nitrogens with zero attached hydrogens (tertiary/aromatic N) is 3. The van der Waals surface area contributed by atoms with E-state index in [0.29, 0.717) is 12.0 Å². The zero-order valence-corrected chi connectivity index (χ0v) is 12.0. The molecule has 2 aliphatic rings. The summed E-state index contributed by atoms with van der Waals surface area (Å²) in [7, 11) is 0. The van der Waals surface area contributed by atoms with Gasteiger partial charge in [0.2, 0.25) is 5.13 Å². The van der Waals surface area contributed by atoms with Gasteiger partial charge in [-0.1, -0.05) is 13.8 Å². The third kappa shape index (κ3) is 2.52. The van der Waals surface area contributed by atoms with Gasteiger partial charge < -0.3 is 10.2 Å². The van der Waals surface area contributed by atoms with Crippen LogP contribution in [0.5, 0.6) is 0 Å². The Balaban J connectivity index is 1.59. The first-order chi connectivity index (χ1) is 8.72. The standard InChI is InChI=1S/C13H22N4S/c1-9(2)12-15-13(18-16-12)14-10-5-7-17-6-3-4-11(17)8-10/h9-11H,3-8H2,1-2H3,(H,14,15,16)/t10-,11-/m0/s1. The molecule has 0 amide bonds. The van der Waals surface area contributed by atoms with E-state index in [1.807, 2.05) is 0 Å². The van der Waals surface area contributed by atoms with Gasteiger partial charge in [0, 0.05) is 36.1 Å². The van der Waals surface area contributed by atoms with Crippen molar-refractivity contribution in [3.8, 4) is 0 Å². The van der Waals surface area contributed by atoms with Gasteiger partial charge in [-0.05, 0) is 32.2 Å². The maximum atomic E-state index is 4.57. The van der Waals surface area contributed by atoms with E-state index in [1.165, 1.54) is 50.3 Å². The van der Waals surface area contributed by atoms with Crippen LogP contribution in [0, 0.1) is 0 Å². The topological polar surface area (TPSA) is 41.1 Å². The van der Waals surface area contributed by atoms with Gasteiger partial charge in [-0.2, -0.15) is 4.37 Å². The molecule has 5 heteroatoms. The van der Waals surface area contributed by atoms with E-state index >= 15 is 0 Å². The average Bonchev–Trinajstić information content (AvgIpc) is 2.96. The van der Waals surface area contributed by atoms with Crippen LogP contribution in [-0.2, 0) is 0 Å². The monoisotopic (exact) mass is 266 g/mol. The summed E-state index contributed by atoms with van der Waals surface area (Å²) < 4.78 is 4.41. The molecule has 1 aromatic rings. The minimum atomic E-state index is 0.425. The molecular formula is C13H22N4S. The lowest BCUT2D eigenvalue weighted by atomic mass is 9.98. The lowest BCUT2D eigenvalue weighted by Gasteiger charge is -2.34. The Morgan fingerprint density at radius 3 is 3.00 bits per heavy atom. The van der Waals surface area contributed by atoms with Gasteiger partial charge in [0.05, 0.1) is 0 Å². The highest BCUT2D eigenvalue weighted by Crippen LogP contribution is 2.29. The summed E-state index contributed by atoms with van der Waals surface area (Å²) in [6, 6.07) is 1.41. The predicted octanol–water partition coefficient (Wildman–Crippen LogP) is 2.70. The van der Waals surface area contributed by atoms with E-state index in [0.717, 1.165) is 17.0 Å². The number of anilines is 1. The van der Waals surface area contributed by atoms with Gasteiger partial charge in [-0.3, -0.25) is 0 Å². The van der Waals surface area contributed by atoms with E-state index in [9.17, 15) is 0 Å². The van der Waals surface area contributed by atoms with Crippen molar-refractivity contribution in [1.29, 1.82) is 0 Å². The lowest BCUT2D eigenvalue weighted by Crippen LogP contribution is -2.42. The molecule has 0 aliphatic carbocycles. The number of aromatic nitrogens is 2. The van der Waals surface area contributed by atoms with Crippen molar-refractivity contribution in [2.75, 3.05) is 18.4 Å². The zero-order valence-electron chi connectivity index (χ0n) is 11.2. The molecular weight excluding hydrogens is 244 g/mol. The van der Waals surface area contributed by atoms with Gasteiger partial charge in [0.25, 0.3) is 0 Å². The molecule has 18 heavy (non-hydrogen) atoms. The molecule has 100 valence electrons. The van der Waals surface area contributed by atoms with Crippen molar-refractivity contribution < 1.29 is 0 Å². The van der Waals surface area contributed by atoms with Gasteiger partial charge in [-0.15, -0.1) is 0 Å². The summed E-state index contributed by atoms with van der Waals surface area (Å²) in [5.41, 5.74) is 0. The Morgan fingerprint density at radius 2 is 2.22 bits per heavy atom. The van der Waals surface area contributed by atoms with Crippen LogP contribution in [0.3, 0.4) is 0 Å². The van der Waals surface area contributed by atoms with Gasteiger partial charge in [0.1, 0.15) is 5.82 Å². The first kappa shape index (κ1) is 12.4. The van der Waals surface area contributed by atoms with Crippen LogP contribution in [0.1, 0.15) is 51.3 Å². The largest absolute Gasteiger partial charge is 0.357 e. The van der Waals surface area contributed by atoms with Gasteiger partial charge >= 0.3 is 0 Å². The predicted molar refractivity (Wildman–Crippen MR) is 75.2 cm³/mol. The van der Waals surface area contributed by atoms with Crippen LogP contribution in [0.25, 0.3) is 0 Å². The van der Waals surface area contributed by atoms with Crippen molar-refractivity contribution in [2.24, 2.45) is 0 Å². The van der Waals surface area contributed by atoms with Crippen LogP contribution in [0.15, 0.2) is 0 Å².